The van der Waals surface area contributed by atoms with Crippen molar-refractivity contribution in [3.8, 4) is 6.07 Å². The van der Waals surface area contributed by atoms with Gasteiger partial charge in [-0.3, -0.25) is 5.32 Å². The normalized spacial score (nSPS) is 15.1. The molecule has 0 fully saturated rings. The molecule has 0 spiro atoms. The van der Waals surface area contributed by atoms with Crippen LogP contribution in [0.5, 0.6) is 0 Å². The molecule has 3 nitrogen and oxygen atoms in total. The van der Waals surface area contributed by atoms with Crippen molar-refractivity contribution >= 4 is 0 Å². The van der Waals surface area contributed by atoms with E-state index >= 15 is 0 Å². The van der Waals surface area contributed by atoms with Gasteiger partial charge in [-0.1, -0.05) is 27.2 Å². The number of nitrogens with zero attached hydrogens (tertiary/aromatic N) is 2. The quantitative estimate of drug-likeness (QED) is 0.688. The summed E-state index contributed by atoms with van der Waals surface area (Å²) in [6.07, 6.45) is 1.20. The van der Waals surface area contributed by atoms with Crippen molar-refractivity contribution < 1.29 is 0 Å². The van der Waals surface area contributed by atoms with Crippen LogP contribution in [-0.2, 0) is 0 Å². The van der Waals surface area contributed by atoms with E-state index in [9.17, 15) is 0 Å². The first-order chi connectivity index (χ1) is 7.53. The highest BCUT2D eigenvalue weighted by Gasteiger charge is 2.14. The van der Waals surface area contributed by atoms with Gasteiger partial charge in [-0.25, -0.2) is 0 Å². The summed E-state index contributed by atoms with van der Waals surface area (Å²) in [5.41, 5.74) is 0. The van der Waals surface area contributed by atoms with E-state index in [0.717, 1.165) is 19.6 Å². The van der Waals surface area contributed by atoms with Crippen molar-refractivity contribution in [2.75, 3.05) is 19.6 Å². The van der Waals surface area contributed by atoms with Gasteiger partial charge in [0.25, 0.3) is 0 Å². The van der Waals surface area contributed by atoms with Crippen LogP contribution in [-0.4, -0.2) is 36.6 Å². The Morgan fingerprint density at radius 2 is 1.81 bits per heavy atom. The van der Waals surface area contributed by atoms with Crippen molar-refractivity contribution in [2.24, 2.45) is 5.92 Å². The second kappa shape index (κ2) is 8.55. The average molecular weight is 225 g/mol. The molecule has 0 heterocycles. The SMILES string of the molecule is CCC(C)CN(CC)CC(C#N)NC(C)C. The zero-order valence-electron chi connectivity index (χ0n) is 11.5. The number of likely N-dealkylation sites (N-methyl/N-ethyl adjacent to an activating group) is 1. The standard InChI is InChI=1S/C13H27N3/c1-6-12(5)9-16(7-2)10-13(8-14)15-11(3)4/h11-13,15H,6-7,9-10H2,1-5H3. The van der Waals surface area contributed by atoms with Gasteiger partial charge in [-0.05, 0) is 26.3 Å². The number of nitriles is 1. The zero-order chi connectivity index (χ0) is 12.6. The maximum absolute atomic E-state index is 9.07. The van der Waals surface area contributed by atoms with Crippen molar-refractivity contribution in [2.45, 2.75) is 53.1 Å². The predicted molar refractivity (Wildman–Crippen MR) is 69.2 cm³/mol. The highest BCUT2D eigenvalue weighted by Crippen LogP contribution is 2.04. The van der Waals surface area contributed by atoms with Gasteiger partial charge in [0, 0.05) is 19.1 Å². The molecule has 16 heavy (non-hydrogen) atoms. The molecular weight excluding hydrogens is 198 g/mol. The molecule has 3 heteroatoms. The van der Waals surface area contributed by atoms with E-state index < -0.39 is 0 Å². The van der Waals surface area contributed by atoms with E-state index in [1.807, 2.05) is 0 Å². The maximum atomic E-state index is 9.07. The van der Waals surface area contributed by atoms with E-state index in [1.165, 1.54) is 6.42 Å². The van der Waals surface area contributed by atoms with E-state index in [0.29, 0.717) is 12.0 Å². The Hall–Kier alpha value is -0.590. The third-order valence-electron chi connectivity index (χ3n) is 2.85. The molecule has 0 saturated heterocycles. The van der Waals surface area contributed by atoms with Gasteiger partial charge >= 0.3 is 0 Å². The van der Waals surface area contributed by atoms with E-state index in [1.54, 1.807) is 0 Å². The minimum absolute atomic E-state index is 0.0518. The molecule has 0 amide bonds. The van der Waals surface area contributed by atoms with Gasteiger partial charge < -0.3 is 4.90 Å². The van der Waals surface area contributed by atoms with E-state index in [-0.39, 0.29) is 6.04 Å². The summed E-state index contributed by atoms with van der Waals surface area (Å²) in [7, 11) is 0. The van der Waals surface area contributed by atoms with Crippen LogP contribution in [0.2, 0.25) is 0 Å². The van der Waals surface area contributed by atoms with Gasteiger partial charge in [0.1, 0.15) is 6.04 Å². The Kier molecular flexibility index (Phi) is 8.23. The molecule has 0 rings (SSSR count). The molecule has 0 aliphatic rings. The summed E-state index contributed by atoms with van der Waals surface area (Å²) < 4.78 is 0. The van der Waals surface area contributed by atoms with Crippen molar-refractivity contribution in [3.05, 3.63) is 0 Å². The molecule has 0 aromatic heterocycles. The summed E-state index contributed by atoms with van der Waals surface area (Å²) in [4.78, 5) is 2.36. The minimum Gasteiger partial charge on any atom is -0.301 e. The molecule has 1 N–H and O–H groups in total. The Labute approximate surface area is 101 Å². The Balaban J connectivity index is 4.12. The van der Waals surface area contributed by atoms with Crippen LogP contribution in [0.4, 0.5) is 0 Å². The predicted octanol–water partition coefficient (Wildman–Crippen LogP) is 2.24. The van der Waals surface area contributed by atoms with Crippen LogP contribution < -0.4 is 5.32 Å². The zero-order valence-corrected chi connectivity index (χ0v) is 11.5. The second-order valence-electron chi connectivity index (χ2n) is 4.87. The van der Waals surface area contributed by atoms with Gasteiger partial charge in [0.15, 0.2) is 0 Å². The monoisotopic (exact) mass is 225 g/mol. The summed E-state index contributed by atoms with van der Waals surface area (Å²) in [5.74, 6) is 0.707. The number of rotatable bonds is 8. The van der Waals surface area contributed by atoms with Crippen molar-refractivity contribution in [1.29, 1.82) is 5.26 Å². The molecule has 94 valence electrons. The summed E-state index contributed by atoms with van der Waals surface area (Å²) in [6.45, 7) is 13.7. The number of nitrogens with one attached hydrogen (secondary N) is 1. The van der Waals surface area contributed by atoms with Crippen LogP contribution in [0.15, 0.2) is 0 Å². The molecule has 0 radical (unpaired) electrons. The second-order valence-corrected chi connectivity index (χ2v) is 4.87. The molecule has 0 aromatic rings. The molecule has 0 aliphatic heterocycles. The lowest BCUT2D eigenvalue weighted by molar-refractivity contribution is 0.230. The maximum Gasteiger partial charge on any atom is 0.108 e. The highest BCUT2D eigenvalue weighted by atomic mass is 15.1. The average Bonchev–Trinajstić information content (AvgIpc) is 2.25. The first-order valence-corrected chi connectivity index (χ1v) is 6.41. The molecule has 0 aliphatic carbocycles. The molecular formula is C13H27N3. The van der Waals surface area contributed by atoms with Crippen LogP contribution in [0.3, 0.4) is 0 Å². The molecule has 0 saturated carbocycles. The number of hydrogen-bond donors (Lipinski definition) is 1. The highest BCUT2D eigenvalue weighted by molar-refractivity contribution is 4.93. The molecule has 2 atom stereocenters. The smallest absolute Gasteiger partial charge is 0.108 e. The largest absolute Gasteiger partial charge is 0.301 e. The Morgan fingerprint density at radius 3 is 2.19 bits per heavy atom. The van der Waals surface area contributed by atoms with Gasteiger partial charge in [0.2, 0.25) is 0 Å². The number of hydrogen-bond acceptors (Lipinski definition) is 3. The third kappa shape index (κ3) is 6.81. The lowest BCUT2D eigenvalue weighted by atomic mass is 10.1. The minimum atomic E-state index is -0.0518. The summed E-state index contributed by atoms with van der Waals surface area (Å²) >= 11 is 0. The molecule has 2 unspecified atom stereocenters. The van der Waals surface area contributed by atoms with Crippen LogP contribution in [0.25, 0.3) is 0 Å². The first kappa shape index (κ1) is 15.4. The third-order valence-corrected chi connectivity index (χ3v) is 2.85. The van der Waals surface area contributed by atoms with Crippen molar-refractivity contribution in [1.82, 2.24) is 10.2 Å². The van der Waals surface area contributed by atoms with Crippen LogP contribution in [0, 0.1) is 17.2 Å². The van der Waals surface area contributed by atoms with Gasteiger partial charge in [-0.15, -0.1) is 0 Å². The lowest BCUT2D eigenvalue weighted by Crippen LogP contribution is -2.44. The summed E-state index contributed by atoms with van der Waals surface area (Å²) in [6, 6.07) is 2.65. The first-order valence-electron chi connectivity index (χ1n) is 6.41. The fourth-order valence-electron chi connectivity index (χ4n) is 1.69. The van der Waals surface area contributed by atoms with Gasteiger partial charge in [-0.2, -0.15) is 5.26 Å². The van der Waals surface area contributed by atoms with Crippen LogP contribution in [0.1, 0.15) is 41.0 Å². The molecule has 0 bridgehead atoms. The van der Waals surface area contributed by atoms with Crippen LogP contribution >= 0.6 is 0 Å². The van der Waals surface area contributed by atoms with E-state index in [2.05, 4.69) is 50.9 Å². The van der Waals surface area contributed by atoms with Crippen molar-refractivity contribution in [3.63, 3.8) is 0 Å². The molecule has 0 aromatic carbocycles. The topological polar surface area (TPSA) is 39.1 Å². The fourth-order valence-corrected chi connectivity index (χ4v) is 1.69. The lowest BCUT2D eigenvalue weighted by Gasteiger charge is -2.26. The summed E-state index contributed by atoms with van der Waals surface area (Å²) in [5, 5.41) is 12.4. The van der Waals surface area contributed by atoms with E-state index in [4.69, 9.17) is 5.26 Å². The fraction of sp³-hybridized carbons (Fsp3) is 0.923. The van der Waals surface area contributed by atoms with Gasteiger partial charge in [0.05, 0.1) is 6.07 Å². The Morgan fingerprint density at radius 1 is 1.19 bits per heavy atom. The Bertz CT molecular complexity index is 208.